The topological polar surface area (TPSA) is 71.3 Å². The Balaban J connectivity index is 1.36. The van der Waals surface area contributed by atoms with E-state index < -0.39 is 0 Å². The van der Waals surface area contributed by atoms with Crippen LogP contribution >= 0.6 is 0 Å². The second kappa shape index (κ2) is 6.26. The minimum absolute atomic E-state index is 0.541. The van der Waals surface area contributed by atoms with Gasteiger partial charge in [-0.15, -0.1) is 14.8 Å². The van der Waals surface area contributed by atoms with Gasteiger partial charge in [0.1, 0.15) is 11.6 Å². The van der Waals surface area contributed by atoms with Crippen molar-refractivity contribution in [3.63, 3.8) is 0 Å². The first-order valence-electron chi connectivity index (χ1n) is 9.32. The maximum atomic E-state index is 5.40. The first-order valence-corrected chi connectivity index (χ1v) is 9.32. The number of aromatic amines is 1. The van der Waals surface area contributed by atoms with Crippen molar-refractivity contribution in [1.82, 2.24) is 24.8 Å². The first kappa shape index (κ1) is 16.1. The fourth-order valence-corrected chi connectivity index (χ4v) is 4.05. The van der Waals surface area contributed by atoms with Gasteiger partial charge in [-0.1, -0.05) is 0 Å². The molecule has 0 spiro atoms. The molecule has 0 radical (unpaired) electrons. The molecule has 1 aliphatic heterocycles. The van der Waals surface area contributed by atoms with Crippen LogP contribution in [0.2, 0.25) is 0 Å². The summed E-state index contributed by atoms with van der Waals surface area (Å²) in [6, 6.07) is 10.3. The van der Waals surface area contributed by atoms with E-state index in [1.807, 2.05) is 25.1 Å². The lowest BCUT2D eigenvalue weighted by atomic mass is 9.89. The van der Waals surface area contributed by atoms with Gasteiger partial charge in [0.15, 0.2) is 11.5 Å². The Kier molecular flexibility index (Phi) is 3.74. The molecule has 1 N–H and O–H groups in total. The minimum Gasteiger partial charge on any atom is -0.497 e. The number of H-pyrrole nitrogens is 1. The largest absolute Gasteiger partial charge is 0.497 e. The Labute approximate surface area is 157 Å². The summed E-state index contributed by atoms with van der Waals surface area (Å²) in [6.45, 7) is 3.84. The molecule has 7 heteroatoms. The van der Waals surface area contributed by atoms with E-state index in [1.165, 1.54) is 16.5 Å². The fourth-order valence-electron chi connectivity index (χ4n) is 4.05. The maximum absolute atomic E-state index is 5.40. The number of hydrogen-bond donors (Lipinski definition) is 1. The van der Waals surface area contributed by atoms with Gasteiger partial charge in [-0.05, 0) is 61.6 Å². The van der Waals surface area contributed by atoms with Gasteiger partial charge in [0.2, 0.25) is 0 Å². The first-order chi connectivity index (χ1) is 13.2. The molecular weight excluding hydrogens is 340 g/mol. The molecule has 138 valence electrons. The van der Waals surface area contributed by atoms with Gasteiger partial charge in [0.25, 0.3) is 0 Å². The second-order valence-corrected chi connectivity index (χ2v) is 7.12. The van der Waals surface area contributed by atoms with Crippen LogP contribution in [0.3, 0.4) is 0 Å². The van der Waals surface area contributed by atoms with Crippen molar-refractivity contribution in [3.8, 4) is 5.75 Å². The van der Waals surface area contributed by atoms with Crippen LogP contribution in [0.25, 0.3) is 16.6 Å². The van der Waals surface area contributed by atoms with E-state index in [4.69, 9.17) is 4.74 Å². The molecule has 4 aromatic rings. The molecule has 3 aromatic heterocycles. The van der Waals surface area contributed by atoms with Crippen LogP contribution in [-0.2, 0) is 0 Å². The lowest BCUT2D eigenvalue weighted by molar-refractivity contribution is 0.415. The molecule has 1 aliphatic rings. The van der Waals surface area contributed by atoms with Crippen LogP contribution in [0.15, 0.2) is 36.5 Å². The van der Waals surface area contributed by atoms with Crippen LogP contribution in [0.1, 0.15) is 30.1 Å². The zero-order chi connectivity index (χ0) is 18.4. The summed E-state index contributed by atoms with van der Waals surface area (Å²) in [5.74, 6) is 3.15. The summed E-state index contributed by atoms with van der Waals surface area (Å²) in [4.78, 5) is 10.1. The van der Waals surface area contributed by atoms with Crippen LogP contribution in [-0.4, -0.2) is 45.0 Å². The van der Waals surface area contributed by atoms with E-state index in [1.54, 1.807) is 11.7 Å². The van der Waals surface area contributed by atoms with Gasteiger partial charge < -0.3 is 14.6 Å². The van der Waals surface area contributed by atoms with Crippen molar-refractivity contribution < 1.29 is 4.74 Å². The highest BCUT2D eigenvalue weighted by molar-refractivity contribution is 5.85. The maximum Gasteiger partial charge on any atom is 0.176 e. The normalized spacial score (nSPS) is 15.7. The predicted molar refractivity (Wildman–Crippen MR) is 105 cm³/mol. The summed E-state index contributed by atoms with van der Waals surface area (Å²) in [5.41, 5.74) is 3.35. The number of aromatic nitrogens is 5. The monoisotopic (exact) mass is 362 g/mol. The van der Waals surface area contributed by atoms with Crippen molar-refractivity contribution in [2.75, 3.05) is 25.1 Å². The van der Waals surface area contributed by atoms with Crippen LogP contribution < -0.4 is 9.64 Å². The van der Waals surface area contributed by atoms with E-state index >= 15 is 0 Å². The Morgan fingerprint density at radius 1 is 1.11 bits per heavy atom. The van der Waals surface area contributed by atoms with E-state index in [2.05, 4.69) is 43.4 Å². The third-order valence-electron chi connectivity index (χ3n) is 5.48. The highest BCUT2D eigenvalue weighted by Crippen LogP contribution is 2.35. The highest BCUT2D eigenvalue weighted by atomic mass is 16.5. The van der Waals surface area contributed by atoms with Crippen molar-refractivity contribution in [2.45, 2.75) is 25.7 Å². The standard InChI is InChI=1S/C20H22N6O/c1-13-22-19-5-6-20(24-26(19)23-13)25-9-7-14(8-10-25)17-12-21-18-4-3-15(27-2)11-16(17)18/h3-6,11-12,14,21H,7-10H2,1-2H3. The Bertz CT molecular complexity index is 1110. The van der Waals surface area contributed by atoms with E-state index in [0.717, 1.165) is 49.0 Å². The number of nitrogens with one attached hydrogen (secondary N) is 1. The number of anilines is 1. The van der Waals surface area contributed by atoms with Gasteiger partial charge in [-0.2, -0.15) is 0 Å². The third kappa shape index (κ3) is 2.79. The number of nitrogens with zero attached hydrogens (tertiary/aromatic N) is 5. The number of aryl methyl sites for hydroxylation is 1. The third-order valence-corrected chi connectivity index (χ3v) is 5.48. The van der Waals surface area contributed by atoms with E-state index in [0.29, 0.717) is 5.92 Å². The van der Waals surface area contributed by atoms with Crippen molar-refractivity contribution in [2.24, 2.45) is 0 Å². The predicted octanol–water partition coefficient (Wildman–Crippen LogP) is 3.31. The molecule has 0 saturated carbocycles. The molecule has 0 atom stereocenters. The molecule has 0 bridgehead atoms. The molecule has 5 rings (SSSR count). The van der Waals surface area contributed by atoms with E-state index in [-0.39, 0.29) is 0 Å². The SMILES string of the molecule is COc1ccc2[nH]cc(C3CCN(c4ccc5nc(C)nn5n4)CC3)c2c1. The molecular formula is C20H22N6O. The molecule has 0 aliphatic carbocycles. The number of ether oxygens (including phenoxy) is 1. The van der Waals surface area contributed by atoms with E-state index in [9.17, 15) is 0 Å². The minimum atomic E-state index is 0.541. The summed E-state index contributed by atoms with van der Waals surface area (Å²) in [5, 5.41) is 10.2. The van der Waals surface area contributed by atoms with Gasteiger partial charge in [0.05, 0.1) is 7.11 Å². The van der Waals surface area contributed by atoms with Gasteiger partial charge >= 0.3 is 0 Å². The fraction of sp³-hybridized carbons (Fsp3) is 0.350. The van der Waals surface area contributed by atoms with Gasteiger partial charge in [0, 0.05) is 30.2 Å². The summed E-state index contributed by atoms with van der Waals surface area (Å²) < 4.78 is 7.03. The second-order valence-electron chi connectivity index (χ2n) is 7.12. The average molecular weight is 362 g/mol. The van der Waals surface area contributed by atoms with Crippen LogP contribution in [0, 0.1) is 6.92 Å². The Hall–Kier alpha value is -3.09. The molecule has 1 aromatic carbocycles. The zero-order valence-corrected chi connectivity index (χ0v) is 15.5. The highest BCUT2D eigenvalue weighted by Gasteiger charge is 2.24. The average Bonchev–Trinajstić information content (AvgIpc) is 3.29. The number of fused-ring (bicyclic) bond motifs is 2. The molecule has 27 heavy (non-hydrogen) atoms. The number of piperidine rings is 1. The van der Waals surface area contributed by atoms with Crippen molar-refractivity contribution in [1.29, 1.82) is 0 Å². The summed E-state index contributed by atoms with van der Waals surface area (Å²) >= 11 is 0. The molecule has 4 heterocycles. The lowest BCUT2D eigenvalue weighted by Crippen LogP contribution is -2.33. The van der Waals surface area contributed by atoms with Crippen molar-refractivity contribution >= 4 is 22.4 Å². The van der Waals surface area contributed by atoms with Gasteiger partial charge in [-0.25, -0.2) is 4.98 Å². The Morgan fingerprint density at radius 2 is 1.96 bits per heavy atom. The molecule has 7 nitrogen and oxygen atoms in total. The molecule has 0 amide bonds. The molecule has 1 saturated heterocycles. The zero-order valence-electron chi connectivity index (χ0n) is 15.5. The number of hydrogen-bond acceptors (Lipinski definition) is 5. The van der Waals surface area contributed by atoms with Crippen LogP contribution in [0.4, 0.5) is 5.82 Å². The number of methoxy groups -OCH3 is 1. The molecule has 1 fully saturated rings. The number of rotatable bonds is 3. The van der Waals surface area contributed by atoms with Gasteiger partial charge in [-0.3, -0.25) is 0 Å². The number of benzene rings is 1. The summed E-state index contributed by atoms with van der Waals surface area (Å²) in [7, 11) is 1.71. The smallest absolute Gasteiger partial charge is 0.176 e. The summed E-state index contributed by atoms with van der Waals surface area (Å²) in [6.07, 6.45) is 4.35. The van der Waals surface area contributed by atoms with Crippen molar-refractivity contribution in [3.05, 3.63) is 47.9 Å². The lowest BCUT2D eigenvalue weighted by Gasteiger charge is -2.32. The Morgan fingerprint density at radius 3 is 2.78 bits per heavy atom. The molecule has 0 unspecified atom stereocenters. The quantitative estimate of drug-likeness (QED) is 0.605. The van der Waals surface area contributed by atoms with Crippen LogP contribution in [0.5, 0.6) is 5.75 Å².